The Labute approximate surface area is 166 Å². The molecule has 0 unspecified atom stereocenters. The summed E-state index contributed by atoms with van der Waals surface area (Å²) in [5.74, 6) is 2.17. The molecule has 1 aliphatic rings. The molecule has 1 saturated heterocycles. The van der Waals surface area contributed by atoms with Gasteiger partial charge in [0.1, 0.15) is 5.75 Å². The molecular formula is C22H28N2O4. The van der Waals surface area contributed by atoms with Crippen molar-refractivity contribution in [3.63, 3.8) is 0 Å². The molecule has 0 aromatic heterocycles. The van der Waals surface area contributed by atoms with Gasteiger partial charge in [-0.3, -0.25) is 9.69 Å². The standard InChI is InChI=1S/C22H28N2O4/c1-26-19-7-5-4-6-18(19)22(25)24-14-12-23(13-15-24)11-10-17-8-9-20(27-2)21(16-17)28-3/h4-9,16H,10-15H2,1-3H3. The van der Waals surface area contributed by atoms with E-state index in [9.17, 15) is 4.79 Å². The van der Waals surface area contributed by atoms with Crippen molar-refractivity contribution in [2.45, 2.75) is 6.42 Å². The largest absolute Gasteiger partial charge is 0.496 e. The summed E-state index contributed by atoms with van der Waals surface area (Å²) in [5, 5.41) is 0. The molecule has 3 rings (SSSR count). The number of carbonyl (C=O) groups excluding carboxylic acids is 1. The number of hydrogen-bond acceptors (Lipinski definition) is 5. The van der Waals surface area contributed by atoms with Crippen LogP contribution in [0.1, 0.15) is 15.9 Å². The Bertz CT molecular complexity index is 801. The maximum Gasteiger partial charge on any atom is 0.257 e. The Balaban J connectivity index is 1.52. The lowest BCUT2D eigenvalue weighted by atomic mass is 10.1. The Kier molecular flexibility index (Phi) is 6.76. The SMILES string of the molecule is COc1ccc(CCN2CCN(C(=O)c3ccccc3OC)CC2)cc1OC. The van der Waals surface area contributed by atoms with Crippen molar-refractivity contribution in [1.29, 1.82) is 0 Å². The van der Waals surface area contributed by atoms with Crippen LogP contribution in [0.4, 0.5) is 0 Å². The van der Waals surface area contributed by atoms with Crippen molar-refractivity contribution >= 4 is 5.91 Å². The van der Waals surface area contributed by atoms with Gasteiger partial charge in [-0.1, -0.05) is 18.2 Å². The van der Waals surface area contributed by atoms with Crippen LogP contribution in [0.3, 0.4) is 0 Å². The maximum atomic E-state index is 12.8. The average molecular weight is 384 g/mol. The lowest BCUT2D eigenvalue weighted by molar-refractivity contribution is 0.0635. The summed E-state index contributed by atoms with van der Waals surface area (Å²) in [5.41, 5.74) is 1.84. The minimum Gasteiger partial charge on any atom is -0.496 e. The molecule has 0 bridgehead atoms. The lowest BCUT2D eigenvalue weighted by Gasteiger charge is -2.35. The first-order valence-electron chi connectivity index (χ1n) is 9.51. The normalized spacial score (nSPS) is 14.6. The highest BCUT2D eigenvalue weighted by Gasteiger charge is 2.23. The Morgan fingerprint density at radius 3 is 2.21 bits per heavy atom. The summed E-state index contributed by atoms with van der Waals surface area (Å²) >= 11 is 0. The highest BCUT2D eigenvalue weighted by Crippen LogP contribution is 2.27. The van der Waals surface area contributed by atoms with Crippen LogP contribution in [0, 0.1) is 0 Å². The van der Waals surface area contributed by atoms with Crippen LogP contribution < -0.4 is 14.2 Å². The van der Waals surface area contributed by atoms with Gasteiger partial charge in [-0.2, -0.15) is 0 Å². The second-order valence-electron chi connectivity index (χ2n) is 6.77. The summed E-state index contributed by atoms with van der Waals surface area (Å²) in [6, 6.07) is 13.4. The number of benzene rings is 2. The second-order valence-corrected chi connectivity index (χ2v) is 6.77. The van der Waals surface area contributed by atoms with Crippen molar-refractivity contribution in [3.05, 3.63) is 53.6 Å². The first-order chi connectivity index (χ1) is 13.7. The van der Waals surface area contributed by atoms with Crippen molar-refractivity contribution in [2.75, 3.05) is 54.1 Å². The van der Waals surface area contributed by atoms with E-state index < -0.39 is 0 Å². The number of nitrogens with zero attached hydrogens (tertiary/aromatic N) is 2. The van der Waals surface area contributed by atoms with E-state index in [2.05, 4.69) is 11.0 Å². The van der Waals surface area contributed by atoms with Crippen LogP contribution >= 0.6 is 0 Å². The second kappa shape index (κ2) is 9.46. The molecule has 2 aromatic rings. The maximum absolute atomic E-state index is 12.8. The van der Waals surface area contributed by atoms with Crippen LogP contribution in [0.25, 0.3) is 0 Å². The van der Waals surface area contributed by atoms with Gasteiger partial charge >= 0.3 is 0 Å². The number of para-hydroxylation sites is 1. The zero-order chi connectivity index (χ0) is 19.9. The number of amides is 1. The molecule has 1 aliphatic heterocycles. The molecule has 1 heterocycles. The molecule has 1 amide bonds. The van der Waals surface area contributed by atoms with Gasteiger partial charge in [-0.15, -0.1) is 0 Å². The van der Waals surface area contributed by atoms with E-state index in [1.54, 1.807) is 21.3 Å². The lowest BCUT2D eigenvalue weighted by Crippen LogP contribution is -2.49. The molecule has 6 heteroatoms. The predicted molar refractivity (Wildman–Crippen MR) is 109 cm³/mol. The quantitative estimate of drug-likeness (QED) is 0.735. The predicted octanol–water partition coefficient (Wildman–Crippen LogP) is 2.71. The third kappa shape index (κ3) is 4.57. The molecule has 28 heavy (non-hydrogen) atoms. The van der Waals surface area contributed by atoms with Gasteiger partial charge in [0.2, 0.25) is 0 Å². The molecule has 2 aromatic carbocycles. The van der Waals surface area contributed by atoms with Crippen molar-refractivity contribution < 1.29 is 19.0 Å². The van der Waals surface area contributed by atoms with Gasteiger partial charge < -0.3 is 19.1 Å². The first kappa shape index (κ1) is 20.0. The van der Waals surface area contributed by atoms with E-state index in [0.29, 0.717) is 11.3 Å². The topological polar surface area (TPSA) is 51.2 Å². The van der Waals surface area contributed by atoms with Crippen LogP contribution in [0.5, 0.6) is 17.2 Å². The van der Waals surface area contributed by atoms with Gasteiger partial charge in [-0.25, -0.2) is 0 Å². The Morgan fingerprint density at radius 1 is 0.857 bits per heavy atom. The molecular weight excluding hydrogens is 356 g/mol. The van der Waals surface area contributed by atoms with E-state index >= 15 is 0 Å². The summed E-state index contributed by atoms with van der Waals surface area (Å²) in [7, 11) is 4.89. The van der Waals surface area contributed by atoms with Crippen LogP contribution in [-0.2, 0) is 6.42 Å². The highest BCUT2D eigenvalue weighted by atomic mass is 16.5. The fourth-order valence-corrected chi connectivity index (χ4v) is 3.49. The smallest absolute Gasteiger partial charge is 0.257 e. The number of hydrogen-bond donors (Lipinski definition) is 0. The summed E-state index contributed by atoms with van der Waals surface area (Å²) < 4.78 is 16.0. The van der Waals surface area contributed by atoms with Gasteiger partial charge in [0.05, 0.1) is 26.9 Å². The summed E-state index contributed by atoms with van der Waals surface area (Å²) in [6.07, 6.45) is 0.931. The molecule has 0 N–H and O–H groups in total. The van der Waals surface area contributed by atoms with Crippen LogP contribution in [0.2, 0.25) is 0 Å². The zero-order valence-electron chi connectivity index (χ0n) is 16.8. The summed E-state index contributed by atoms with van der Waals surface area (Å²) in [4.78, 5) is 17.1. The number of piperazine rings is 1. The van der Waals surface area contributed by atoms with Gasteiger partial charge in [0.25, 0.3) is 5.91 Å². The molecule has 6 nitrogen and oxygen atoms in total. The fourth-order valence-electron chi connectivity index (χ4n) is 3.49. The third-order valence-electron chi connectivity index (χ3n) is 5.16. The molecule has 0 aliphatic carbocycles. The van der Waals surface area contributed by atoms with Crippen molar-refractivity contribution in [2.24, 2.45) is 0 Å². The van der Waals surface area contributed by atoms with Gasteiger partial charge in [-0.05, 0) is 36.2 Å². The number of ether oxygens (including phenoxy) is 3. The molecule has 0 atom stereocenters. The van der Waals surface area contributed by atoms with E-state index in [0.717, 1.165) is 50.6 Å². The zero-order valence-corrected chi connectivity index (χ0v) is 16.8. The number of carbonyl (C=O) groups is 1. The van der Waals surface area contributed by atoms with Crippen molar-refractivity contribution in [1.82, 2.24) is 9.80 Å². The van der Waals surface area contributed by atoms with Crippen LogP contribution in [-0.4, -0.2) is 69.8 Å². The van der Waals surface area contributed by atoms with E-state index in [-0.39, 0.29) is 5.91 Å². The molecule has 0 saturated carbocycles. The van der Waals surface area contributed by atoms with Gasteiger partial charge in [0, 0.05) is 32.7 Å². The van der Waals surface area contributed by atoms with Crippen molar-refractivity contribution in [3.8, 4) is 17.2 Å². The monoisotopic (exact) mass is 384 g/mol. The average Bonchev–Trinajstić information content (AvgIpc) is 2.77. The van der Waals surface area contributed by atoms with E-state index in [4.69, 9.17) is 14.2 Å². The number of methoxy groups -OCH3 is 3. The van der Waals surface area contributed by atoms with E-state index in [1.165, 1.54) is 5.56 Å². The Hall–Kier alpha value is -2.73. The molecule has 1 fully saturated rings. The fraction of sp³-hybridized carbons (Fsp3) is 0.409. The number of rotatable bonds is 7. The molecule has 150 valence electrons. The summed E-state index contributed by atoms with van der Waals surface area (Å²) in [6.45, 7) is 4.14. The van der Waals surface area contributed by atoms with E-state index in [1.807, 2.05) is 41.3 Å². The third-order valence-corrected chi connectivity index (χ3v) is 5.16. The highest BCUT2D eigenvalue weighted by molar-refractivity contribution is 5.97. The first-order valence-corrected chi connectivity index (χ1v) is 9.51. The minimum absolute atomic E-state index is 0.0389. The Morgan fingerprint density at radius 2 is 1.54 bits per heavy atom. The van der Waals surface area contributed by atoms with Gasteiger partial charge in [0.15, 0.2) is 11.5 Å². The molecule has 0 spiro atoms. The molecule has 0 radical (unpaired) electrons. The van der Waals surface area contributed by atoms with Crippen LogP contribution in [0.15, 0.2) is 42.5 Å². The minimum atomic E-state index is 0.0389.